The van der Waals surface area contributed by atoms with Gasteiger partial charge in [0.2, 0.25) is 0 Å². The lowest BCUT2D eigenvalue weighted by molar-refractivity contribution is -0.128. The normalized spacial score (nSPS) is 31.6. The number of rotatable bonds is 7. The van der Waals surface area contributed by atoms with Crippen molar-refractivity contribution in [2.75, 3.05) is 6.61 Å². The Balaban J connectivity index is 1.30. The molecule has 154 valence electrons. The summed E-state index contributed by atoms with van der Waals surface area (Å²) in [5.74, 6) is 2.04. The van der Waals surface area contributed by atoms with Crippen LogP contribution in [0.25, 0.3) is 0 Å². The minimum atomic E-state index is -0.381. The van der Waals surface area contributed by atoms with Gasteiger partial charge in [-0.3, -0.25) is 4.79 Å². The number of esters is 1. The zero-order chi connectivity index (χ0) is 19.9. The van der Waals surface area contributed by atoms with E-state index >= 15 is 0 Å². The van der Waals surface area contributed by atoms with Gasteiger partial charge in [0.15, 0.2) is 6.61 Å². The number of thiophene rings is 1. The van der Waals surface area contributed by atoms with Crippen LogP contribution in [0.4, 0.5) is 0 Å². The van der Waals surface area contributed by atoms with Crippen LogP contribution in [0.5, 0.6) is 0 Å². The topological polar surface area (TPSA) is 55.4 Å². The first-order valence-electron chi connectivity index (χ1n) is 10.9. The van der Waals surface area contributed by atoms with Gasteiger partial charge >= 0.3 is 5.97 Å². The van der Waals surface area contributed by atoms with Crippen molar-refractivity contribution in [3.63, 3.8) is 0 Å². The summed E-state index contributed by atoms with van der Waals surface area (Å²) >= 11 is 1.46. The van der Waals surface area contributed by atoms with Gasteiger partial charge in [0, 0.05) is 10.9 Å². The summed E-state index contributed by atoms with van der Waals surface area (Å²) < 4.78 is 5.32. The fourth-order valence-electron chi connectivity index (χ4n) is 6.48. The molecule has 4 saturated carbocycles. The van der Waals surface area contributed by atoms with E-state index in [1.807, 2.05) is 13.0 Å². The van der Waals surface area contributed by atoms with E-state index in [9.17, 15) is 9.59 Å². The molecule has 1 aromatic rings. The standard InChI is InChI=1S/C23H33NO3S/c1-4-5-19-9-20(28-14(19)2)22(26)27-13-21(25)24-15(3)23-10-16-6-17(11-23)8-18(7-16)12-23/h9,15-18H,4-8,10-13H2,1-3H3,(H,24,25)/t15-,16?,17?,18?,23?/m0/s1. The van der Waals surface area contributed by atoms with Crippen LogP contribution < -0.4 is 5.32 Å². The lowest BCUT2D eigenvalue weighted by Crippen LogP contribution is -2.56. The van der Waals surface area contributed by atoms with Crippen LogP contribution >= 0.6 is 11.3 Å². The quantitative estimate of drug-likeness (QED) is 0.660. The third kappa shape index (κ3) is 3.87. The zero-order valence-corrected chi connectivity index (χ0v) is 18.2. The number of carbonyl (C=O) groups excluding carboxylic acids is 2. The van der Waals surface area contributed by atoms with Gasteiger partial charge in [0.05, 0.1) is 0 Å². The summed E-state index contributed by atoms with van der Waals surface area (Å²) in [6.07, 6.45) is 10.0. The molecule has 5 heteroatoms. The minimum Gasteiger partial charge on any atom is -0.451 e. The van der Waals surface area contributed by atoms with Crippen molar-refractivity contribution in [1.29, 1.82) is 0 Å². The van der Waals surface area contributed by atoms with Gasteiger partial charge in [-0.25, -0.2) is 4.79 Å². The second-order valence-electron chi connectivity index (χ2n) is 9.59. The van der Waals surface area contributed by atoms with Crippen molar-refractivity contribution in [3.05, 3.63) is 21.4 Å². The van der Waals surface area contributed by atoms with E-state index < -0.39 is 0 Å². The molecule has 4 aliphatic rings. The van der Waals surface area contributed by atoms with Crippen molar-refractivity contribution >= 4 is 23.2 Å². The number of nitrogens with one attached hydrogen (secondary N) is 1. The van der Waals surface area contributed by atoms with Crippen LogP contribution in [-0.4, -0.2) is 24.5 Å². The molecule has 4 bridgehead atoms. The predicted octanol–water partition coefficient (Wildman–Crippen LogP) is 4.89. The summed E-state index contributed by atoms with van der Waals surface area (Å²) in [6.45, 7) is 6.14. The Hall–Kier alpha value is -1.36. The maximum absolute atomic E-state index is 12.5. The Morgan fingerprint density at radius 2 is 1.82 bits per heavy atom. The minimum absolute atomic E-state index is 0.159. The highest BCUT2D eigenvalue weighted by Gasteiger charge is 2.53. The summed E-state index contributed by atoms with van der Waals surface area (Å²) in [5, 5.41) is 3.17. The molecule has 0 saturated heterocycles. The Bertz CT molecular complexity index is 718. The second-order valence-corrected chi connectivity index (χ2v) is 10.8. The molecule has 1 heterocycles. The van der Waals surface area contributed by atoms with Crippen LogP contribution in [0, 0.1) is 30.1 Å². The molecule has 5 rings (SSSR count). The van der Waals surface area contributed by atoms with Crippen LogP contribution in [0.15, 0.2) is 6.07 Å². The Labute approximate surface area is 172 Å². The molecule has 4 aliphatic carbocycles. The summed E-state index contributed by atoms with van der Waals surface area (Å²) in [7, 11) is 0. The van der Waals surface area contributed by atoms with Gasteiger partial charge in [-0.05, 0) is 93.6 Å². The maximum atomic E-state index is 12.5. The Kier molecular flexibility index (Phi) is 5.56. The van der Waals surface area contributed by atoms with Crippen LogP contribution in [0.3, 0.4) is 0 Å². The van der Waals surface area contributed by atoms with E-state index in [0.717, 1.165) is 35.5 Å². The molecule has 1 atom stereocenters. The van der Waals surface area contributed by atoms with E-state index in [-0.39, 0.29) is 29.9 Å². The monoisotopic (exact) mass is 403 g/mol. The lowest BCUT2D eigenvalue weighted by Gasteiger charge is -2.59. The van der Waals surface area contributed by atoms with Crippen molar-refractivity contribution in [1.82, 2.24) is 5.32 Å². The Morgan fingerprint density at radius 1 is 1.21 bits per heavy atom. The fraction of sp³-hybridized carbons (Fsp3) is 0.739. The third-order valence-electron chi connectivity index (χ3n) is 7.46. The molecule has 1 aromatic heterocycles. The molecule has 28 heavy (non-hydrogen) atoms. The van der Waals surface area contributed by atoms with Gasteiger partial charge in [-0.2, -0.15) is 0 Å². The van der Waals surface area contributed by atoms with Crippen LogP contribution in [0.2, 0.25) is 0 Å². The van der Waals surface area contributed by atoms with Crippen LogP contribution in [-0.2, 0) is 16.0 Å². The molecule has 0 radical (unpaired) electrons. The molecule has 1 N–H and O–H groups in total. The molecule has 0 aliphatic heterocycles. The van der Waals surface area contributed by atoms with Crippen molar-refractivity contribution in [3.8, 4) is 0 Å². The first-order valence-corrected chi connectivity index (χ1v) is 11.8. The number of carbonyl (C=O) groups is 2. The Morgan fingerprint density at radius 3 is 2.39 bits per heavy atom. The van der Waals surface area contributed by atoms with Crippen molar-refractivity contribution in [2.45, 2.75) is 78.2 Å². The molecule has 0 aromatic carbocycles. The number of hydrogen-bond acceptors (Lipinski definition) is 4. The fourth-order valence-corrected chi connectivity index (χ4v) is 7.45. The van der Waals surface area contributed by atoms with Crippen LogP contribution in [0.1, 0.15) is 78.9 Å². The van der Waals surface area contributed by atoms with Gasteiger partial charge in [0.25, 0.3) is 5.91 Å². The highest BCUT2D eigenvalue weighted by molar-refractivity contribution is 7.14. The largest absolute Gasteiger partial charge is 0.451 e. The molecule has 0 spiro atoms. The van der Waals surface area contributed by atoms with Gasteiger partial charge < -0.3 is 10.1 Å². The highest BCUT2D eigenvalue weighted by Crippen LogP contribution is 2.61. The molecular formula is C23H33NO3S. The SMILES string of the molecule is CCCc1cc(C(=O)OCC(=O)N[C@@H](C)C23CC4CC(CC(C4)C2)C3)sc1C. The molecule has 0 unspecified atom stereocenters. The van der Waals surface area contributed by atoms with E-state index in [4.69, 9.17) is 4.74 Å². The van der Waals surface area contributed by atoms with E-state index in [2.05, 4.69) is 19.2 Å². The van der Waals surface area contributed by atoms with E-state index in [0.29, 0.717) is 4.88 Å². The average molecular weight is 404 g/mol. The predicted molar refractivity (Wildman–Crippen MR) is 112 cm³/mol. The number of hydrogen-bond donors (Lipinski definition) is 1. The molecule has 4 fully saturated rings. The number of amides is 1. The second kappa shape index (κ2) is 7.81. The van der Waals surface area contributed by atoms with Crippen molar-refractivity contribution in [2.24, 2.45) is 23.2 Å². The molecule has 4 nitrogen and oxygen atoms in total. The summed E-state index contributed by atoms with van der Waals surface area (Å²) in [4.78, 5) is 26.6. The highest BCUT2D eigenvalue weighted by atomic mass is 32.1. The summed E-state index contributed by atoms with van der Waals surface area (Å²) in [6, 6.07) is 2.08. The first kappa shape index (κ1) is 19.9. The lowest BCUT2D eigenvalue weighted by atomic mass is 9.48. The number of aryl methyl sites for hydroxylation is 2. The van der Waals surface area contributed by atoms with E-state index in [1.165, 1.54) is 55.4 Å². The van der Waals surface area contributed by atoms with Crippen molar-refractivity contribution < 1.29 is 14.3 Å². The van der Waals surface area contributed by atoms with Gasteiger partial charge in [-0.15, -0.1) is 11.3 Å². The number of ether oxygens (including phenoxy) is 1. The molecular weight excluding hydrogens is 370 g/mol. The third-order valence-corrected chi connectivity index (χ3v) is 8.53. The van der Waals surface area contributed by atoms with Gasteiger partial charge in [0.1, 0.15) is 4.88 Å². The zero-order valence-electron chi connectivity index (χ0n) is 17.4. The van der Waals surface area contributed by atoms with E-state index in [1.54, 1.807) is 0 Å². The maximum Gasteiger partial charge on any atom is 0.348 e. The summed E-state index contributed by atoms with van der Waals surface area (Å²) in [5.41, 5.74) is 1.48. The first-order chi connectivity index (χ1) is 13.4. The van der Waals surface area contributed by atoms with Gasteiger partial charge in [-0.1, -0.05) is 13.3 Å². The average Bonchev–Trinajstić information content (AvgIpc) is 3.00. The smallest absolute Gasteiger partial charge is 0.348 e. The molecule has 1 amide bonds.